The minimum atomic E-state index is -0.661. The van der Waals surface area contributed by atoms with Crippen molar-refractivity contribution in [2.45, 2.75) is 6.42 Å². The van der Waals surface area contributed by atoms with Gasteiger partial charge in [-0.3, -0.25) is 19.7 Å². The average Bonchev–Trinajstić information content (AvgIpc) is 2.80. The summed E-state index contributed by atoms with van der Waals surface area (Å²) in [5, 5.41) is 11.9. The van der Waals surface area contributed by atoms with Gasteiger partial charge in [0.25, 0.3) is 5.91 Å². The van der Waals surface area contributed by atoms with Crippen LogP contribution in [0.1, 0.15) is 16.8 Å². The van der Waals surface area contributed by atoms with Gasteiger partial charge in [-0.1, -0.05) is 17.7 Å². The van der Waals surface area contributed by atoms with Crippen molar-refractivity contribution >= 4 is 23.2 Å². The highest BCUT2D eigenvalue weighted by Gasteiger charge is 2.29. The van der Waals surface area contributed by atoms with Crippen LogP contribution in [0.15, 0.2) is 18.2 Å². The van der Waals surface area contributed by atoms with Gasteiger partial charge in [0, 0.05) is 0 Å². The Morgan fingerprint density at radius 1 is 1.53 bits per heavy atom. The minimum Gasteiger partial charge on any atom is -0.271 e. The third-order valence-electron chi connectivity index (χ3n) is 2.38. The summed E-state index contributed by atoms with van der Waals surface area (Å²) in [7, 11) is 0. The predicted molar refractivity (Wildman–Crippen MR) is 59.7 cm³/mol. The molecule has 1 heterocycles. The van der Waals surface area contributed by atoms with E-state index < -0.39 is 10.8 Å². The van der Waals surface area contributed by atoms with Crippen LogP contribution in [-0.2, 0) is 4.84 Å². The van der Waals surface area contributed by atoms with Gasteiger partial charge in [-0.15, -0.1) is 0 Å². The van der Waals surface area contributed by atoms with Crippen LogP contribution in [0.4, 0.5) is 5.69 Å². The van der Waals surface area contributed by atoms with Crippen LogP contribution in [0, 0.1) is 10.1 Å². The molecule has 1 saturated heterocycles. The Labute approximate surface area is 102 Å². The first-order valence-corrected chi connectivity index (χ1v) is 5.36. The summed E-state index contributed by atoms with van der Waals surface area (Å²) in [5.41, 5.74) is -0.431. The van der Waals surface area contributed by atoms with E-state index in [-0.39, 0.29) is 16.3 Å². The number of nitro groups is 1. The van der Waals surface area contributed by atoms with E-state index in [1.807, 2.05) is 0 Å². The van der Waals surface area contributed by atoms with Crippen LogP contribution in [0.5, 0.6) is 0 Å². The zero-order valence-corrected chi connectivity index (χ0v) is 9.51. The molecule has 1 aliphatic rings. The summed E-state index contributed by atoms with van der Waals surface area (Å²) < 4.78 is 0. The molecule has 1 aromatic carbocycles. The van der Waals surface area contributed by atoms with Gasteiger partial charge in [0.1, 0.15) is 10.6 Å². The Balaban J connectivity index is 2.40. The van der Waals surface area contributed by atoms with Crippen molar-refractivity contribution in [2.24, 2.45) is 0 Å². The van der Waals surface area contributed by atoms with Crippen LogP contribution in [0.25, 0.3) is 0 Å². The summed E-state index contributed by atoms with van der Waals surface area (Å²) in [5.74, 6) is -0.531. The van der Waals surface area contributed by atoms with Crippen molar-refractivity contribution in [3.05, 3.63) is 38.9 Å². The summed E-state index contributed by atoms with van der Waals surface area (Å²) in [6.07, 6.45) is 0.722. The second-order valence-electron chi connectivity index (χ2n) is 3.49. The molecule has 0 aliphatic carbocycles. The number of amides is 1. The summed E-state index contributed by atoms with van der Waals surface area (Å²) in [6.45, 7) is 0.878. The van der Waals surface area contributed by atoms with E-state index in [4.69, 9.17) is 16.4 Å². The molecule has 7 heteroatoms. The minimum absolute atomic E-state index is 0.0515. The van der Waals surface area contributed by atoms with E-state index in [1.54, 1.807) is 0 Å². The van der Waals surface area contributed by atoms with E-state index in [0.717, 1.165) is 11.5 Å². The van der Waals surface area contributed by atoms with E-state index >= 15 is 0 Å². The average molecular weight is 257 g/mol. The zero-order chi connectivity index (χ0) is 12.4. The maximum Gasteiger partial charge on any atom is 0.300 e. The molecule has 0 radical (unpaired) electrons. The van der Waals surface area contributed by atoms with E-state index in [1.165, 1.54) is 18.2 Å². The lowest BCUT2D eigenvalue weighted by Crippen LogP contribution is -2.27. The molecule has 0 unspecified atom stereocenters. The lowest BCUT2D eigenvalue weighted by molar-refractivity contribution is -0.385. The lowest BCUT2D eigenvalue weighted by atomic mass is 10.1. The van der Waals surface area contributed by atoms with Crippen LogP contribution < -0.4 is 0 Å². The molecule has 0 aromatic heterocycles. The molecule has 90 valence electrons. The molecular formula is C10H9ClN2O4. The Morgan fingerprint density at radius 2 is 2.29 bits per heavy atom. The van der Waals surface area contributed by atoms with Gasteiger partial charge in [0.2, 0.25) is 0 Å². The van der Waals surface area contributed by atoms with Crippen molar-refractivity contribution in [1.29, 1.82) is 0 Å². The molecule has 0 spiro atoms. The molecule has 2 rings (SSSR count). The first-order chi connectivity index (χ1) is 8.11. The molecule has 6 nitrogen and oxygen atoms in total. The maximum absolute atomic E-state index is 12.0. The lowest BCUT2D eigenvalue weighted by Gasteiger charge is -2.13. The fraction of sp³-hybridized carbons (Fsp3) is 0.300. The highest BCUT2D eigenvalue weighted by molar-refractivity contribution is 6.33. The fourth-order valence-electron chi connectivity index (χ4n) is 1.62. The molecule has 1 aromatic rings. The second-order valence-corrected chi connectivity index (χ2v) is 3.89. The maximum atomic E-state index is 12.0. The monoisotopic (exact) mass is 256 g/mol. The number of carbonyl (C=O) groups excluding carboxylic acids is 1. The second kappa shape index (κ2) is 4.68. The quantitative estimate of drug-likeness (QED) is 0.599. The molecule has 0 atom stereocenters. The summed E-state index contributed by atoms with van der Waals surface area (Å²) in [4.78, 5) is 27.2. The zero-order valence-electron chi connectivity index (χ0n) is 8.76. The van der Waals surface area contributed by atoms with Gasteiger partial charge >= 0.3 is 5.69 Å². The predicted octanol–water partition coefficient (Wildman–Crippen LogP) is 2.03. The number of hydrogen-bond acceptors (Lipinski definition) is 4. The van der Waals surface area contributed by atoms with Crippen molar-refractivity contribution < 1.29 is 14.6 Å². The van der Waals surface area contributed by atoms with Crippen molar-refractivity contribution in [3.63, 3.8) is 0 Å². The van der Waals surface area contributed by atoms with Crippen LogP contribution >= 0.6 is 11.6 Å². The summed E-state index contributed by atoms with van der Waals surface area (Å²) in [6, 6.07) is 4.24. The smallest absolute Gasteiger partial charge is 0.271 e. The number of nitro benzene ring substituents is 1. The number of hydrogen-bond donors (Lipinski definition) is 0. The number of hydroxylamine groups is 2. The topological polar surface area (TPSA) is 72.7 Å². The third-order valence-corrected chi connectivity index (χ3v) is 2.68. The van der Waals surface area contributed by atoms with Crippen LogP contribution in [0.3, 0.4) is 0 Å². The SMILES string of the molecule is O=C(c1cccc(Cl)c1[N+](=O)[O-])N1CCCO1. The largest absolute Gasteiger partial charge is 0.300 e. The Kier molecular flexibility index (Phi) is 3.26. The number of para-hydroxylation sites is 1. The highest BCUT2D eigenvalue weighted by atomic mass is 35.5. The Hall–Kier alpha value is -1.66. The number of nitrogens with zero attached hydrogens (tertiary/aromatic N) is 2. The van der Waals surface area contributed by atoms with E-state index in [0.29, 0.717) is 13.2 Å². The molecule has 0 saturated carbocycles. The molecule has 1 aliphatic heterocycles. The molecule has 1 fully saturated rings. The van der Waals surface area contributed by atoms with Crippen molar-refractivity contribution in [3.8, 4) is 0 Å². The van der Waals surface area contributed by atoms with E-state index in [2.05, 4.69) is 0 Å². The molecule has 0 bridgehead atoms. The van der Waals surface area contributed by atoms with E-state index in [9.17, 15) is 14.9 Å². The highest BCUT2D eigenvalue weighted by Crippen LogP contribution is 2.29. The van der Waals surface area contributed by atoms with Crippen molar-refractivity contribution in [1.82, 2.24) is 5.06 Å². The fourth-order valence-corrected chi connectivity index (χ4v) is 1.86. The number of rotatable bonds is 2. The van der Waals surface area contributed by atoms with Crippen LogP contribution in [-0.4, -0.2) is 29.0 Å². The number of carbonyl (C=O) groups is 1. The molecule has 0 N–H and O–H groups in total. The normalized spacial score (nSPS) is 15.0. The summed E-state index contributed by atoms with van der Waals surface area (Å²) >= 11 is 5.72. The molecule has 17 heavy (non-hydrogen) atoms. The van der Waals surface area contributed by atoms with Gasteiger partial charge < -0.3 is 0 Å². The van der Waals surface area contributed by atoms with Gasteiger partial charge in [0.05, 0.1) is 18.1 Å². The third kappa shape index (κ3) is 2.22. The van der Waals surface area contributed by atoms with Crippen LogP contribution in [0.2, 0.25) is 5.02 Å². The van der Waals surface area contributed by atoms with Crippen molar-refractivity contribution in [2.75, 3.05) is 13.2 Å². The van der Waals surface area contributed by atoms with Gasteiger partial charge in [-0.25, -0.2) is 5.06 Å². The number of benzene rings is 1. The number of halogens is 1. The van der Waals surface area contributed by atoms with Gasteiger partial charge in [0.15, 0.2) is 0 Å². The molecule has 1 amide bonds. The Morgan fingerprint density at radius 3 is 2.88 bits per heavy atom. The standard InChI is InChI=1S/C10H9ClN2O4/c11-8-4-1-3-7(9(8)13(15)16)10(14)12-5-2-6-17-12/h1,3-4H,2,5-6H2. The van der Waals surface area contributed by atoms with Gasteiger partial charge in [-0.05, 0) is 18.6 Å². The Bertz CT molecular complexity index is 471. The molecular weight excluding hydrogens is 248 g/mol. The first kappa shape index (κ1) is 11.8. The first-order valence-electron chi connectivity index (χ1n) is 4.99. The van der Waals surface area contributed by atoms with Gasteiger partial charge in [-0.2, -0.15) is 0 Å².